The van der Waals surface area contributed by atoms with E-state index in [0.717, 1.165) is 27.7 Å². The van der Waals surface area contributed by atoms with E-state index in [-0.39, 0.29) is 22.4 Å². The maximum absolute atomic E-state index is 14.6. The van der Waals surface area contributed by atoms with Crippen molar-refractivity contribution in [1.82, 2.24) is 19.3 Å². The number of aromatic nitrogens is 4. The van der Waals surface area contributed by atoms with Gasteiger partial charge < -0.3 is 14.0 Å². The van der Waals surface area contributed by atoms with Gasteiger partial charge in [-0.15, -0.1) is 10.2 Å². The maximum atomic E-state index is 14.6. The van der Waals surface area contributed by atoms with Crippen LogP contribution in [0.3, 0.4) is 0 Å². The van der Waals surface area contributed by atoms with Crippen LogP contribution in [0.1, 0.15) is 37.9 Å². The molecule has 7 rings (SSSR count). The van der Waals surface area contributed by atoms with Crippen molar-refractivity contribution in [2.45, 2.75) is 43.4 Å². The lowest BCUT2D eigenvalue weighted by Gasteiger charge is -2.27. The summed E-state index contributed by atoms with van der Waals surface area (Å²) in [6.07, 6.45) is 1.62. The molecule has 2 aromatic heterocycles. The van der Waals surface area contributed by atoms with Crippen LogP contribution in [0.2, 0.25) is 5.02 Å². The molecule has 0 bridgehead atoms. The number of hydrogen-bond acceptors (Lipinski definition) is 11. The number of allylic oxidation sites excluding steroid dienone is 1. The molecule has 0 amide bonds. The highest BCUT2D eigenvalue weighted by atomic mass is 35.5. The number of nitrogens with zero attached hydrogens (tertiary/aromatic N) is 6. The van der Waals surface area contributed by atoms with E-state index in [9.17, 15) is 19.7 Å². The third kappa shape index (κ3) is 6.65. The summed E-state index contributed by atoms with van der Waals surface area (Å²) in [6, 6.07) is 22.2. The molecule has 1 atom stereocenters. The van der Waals surface area contributed by atoms with Gasteiger partial charge in [0.05, 0.1) is 34.4 Å². The molecular formula is C38H31ClN6O6S2. The summed E-state index contributed by atoms with van der Waals surface area (Å²) in [4.78, 5) is 45.4. The average Bonchev–Trinajstić information content (AvgIpc) is 3.70. The van der Waals surface area contributed by atoms with Gasteiger partial charge in [-0.25, -0.2) is 9.79 Å². The van der Waals surface area contributed by atoms with Crippen molar-refractivity contribution in [2.24, 2.45) is 4.99 Å². The first-order chi connectivity index (χ1) is 25.6. The summed E-state index contributed by atoms with van der Waals surface area (Å²) in [5.74, 6) is 0.498. The quantitative estimate of drug-likeness (QED) is 0.0822. The molecule has 0 aliphatic carbocycles. The van der Waals surface area contributed by atoms with Crippen molar-refractivity contribution < 1.29 is 19.2 Å². The Morgan fingerprint density at radius 3 is 2.62 bits per heavy atom. The molecule has 0 saturated heterocycles. The summed E-state index contributed by atoms with van der Waals surface area (Å²) in [5.41, 5.74) is 1.84. The smallest absolute Gasteiger partial charge is 0.338 e. The topological polar surface area (TPSA) is 144 Å². The van der Waals surface area contributed by atoms with Gasteiger partial charge in [0.2, 0.25) is 0 Å². The van der Waals surface area contributed by atoms with E-state index in [1.54, 1.807) is 38.1 Å². The lowest BCUT2D eigenvalue weighted by atomic mass is 9.90. The monoisotopic (exact) mass is 766 g/mol. The second-order valence-corrected chi connectivity index (χ2v) is 14.3. The first-order valence-electron chi connectivity index (χ1n) is 16.5. The Labute approximate surface area is 315 Å². The van der Waals surface area contributed by atoms with Crippen molar-refractivity contribution in [3.8, 4) is 17.1 Å². The van der Waals surface area contributed by atoms with Crippen molar-refractivity contribution in [3.63, 3.8) is 0 Å². The number of ether oxygens (including phenoxy) is 2. The summed E-state index contributed by atoms with van der Waals surface area (Å²) in [7, 11) is 1.54. The number of carbonyl (C=O) groups is 1. The summed E-state index contributed by atoms with van der Waals surface area (Å²) >= 11 is 8.65. The molecule has 268 valence electrons. The Morgan fingerprint density at radius 1 is 1.08 bits per heavy atom. The highest BCUT2D eigenvalue weighted by Gasteiger charge is 2.36. The van der Waals surface area contributed by atoms with Crippen LogP contribution in [0.15, 0.2) is 110 Å². The Balaban J connectivity index is 1.42. The first kappa shape index (κ1) is 35.8. The molecule has 3 heterocycles. The minimum absolute atomic E-state index is 0.124. The fourth-order valence-corrected chi connectivity index (χ4v) is 8.59. The predicted octanol–water partition coefficient (Wildman–Crippen LogP) is 6.95. The third-order valence-electron chi connectivity index (χ3n) is 8.75. The number of benzene rings is 4. The molecular weight excluding hydrogens is 736 g/mol. The molecule has 1 aliphatic heterocycles. The summed E-state index contributed by atoms with van der Waals surface area (Å²) in [6.45, 7) is 6.06. The highest BCUT2D eigenvalue weighted by molar-refractivity contribution is 7.99. The normalized spacial score (nSPS) is 14.3. The lowest BCUT2D eigenvalue weighted by molar-refractivity contribution is -0.384. The van der Waals surface area contributed by atoms with Crippen LogP contribution in [-0.2, 0) is 16.1 Å². The maximum Gasteiger partial charge on any atom is 0.338 e. The van der Waals surface area contributed by atoms with Crippen LogP contribution in [0.4, 0.5) is 5.69 Å². The molecule has 0 radical (unpaired) electrons. The Bertz CT molecular complexity index is 2670. The second kappa shape index (κ2) is 14.8. The van der Waals surface area contributed by atoms with Crippen molar-refractivity contribution in [2.75, 3.05) is 13.7 Å². The number of esters is 1. The molecule has 53 heavy (non-hydrogen) atoms. The van der Waals surface area contributed by atoms with Gasteiger partial charge in [0.15, 0.2) is 15.8 Å². The summed E-state index contributed by atoms with van der Waals surface area (Å²) < 4.78 is 15.0. The van der Waals surface area contributed by atoms with Crippen molar-refractivity contribution >= 4 is 63.2 Å². The molecule has 15 heteroatoms. The van der Waals surface area contributed by atoms with E-state index in [1.807, 2.05) is 60.0 Å². The van der Waals surface area contributed by atoms with Crippen LogP contribution in [0, 0.1) is 10.1 Å². The van der Waals surface area contributed by atoms with Gasteiger partial charge in [-0.1, -0.05) is 65.4 Å². The van der Waals surface area contributed by atoms with Crippen LogP contribution >= 0.6 is 34.7 Å². The Kier molecular flexibility index (Phi) is 10.0. The number of thiazole rings is 1. The van der Waals surface area contributed by atoms with Gasteiger partial charge >= 0.3 is 5.97 Å². The van der Waals surface area contributed by atoms with Gasteiger partial charge in [-0.05, 0) is 79.2 Å². The van der Waals surface area contributed by atoms with E-state index in [2.05, 4.69) is 10.2 Å². The molecule has 0 N–H and O–H groups in total. The lowest BCUT2D eigenvalue weighted by Crippen LogP contribution is -2.40. The van der Waals surface area contributed by atoms with Crippen molar-refractivity contribution in [3.05, 3.63) is 136 Å². The minimum atomic E-state index is -0.944. The van der Waals surface area contributed by atoms with E-state index in [4.69, 9.17) is 26.1 Å². The number of hydrogen-bond donors (Lipinski definition) is 0. The molecule has 12 nitrogen and oxygen atoms in total. The van der Waals surface area contributed by atoms with Gasteiger partial charge in [0.25, 0.3) is 11.2 Å². The van der Waals surface area contributed by atoms with E-state index < -0.39 is 22.5 Å². The first-order valence-corrected chi connectivity index (χ1v) is 18.5. The van der Waals surface area contributed by atoms with Crippen LogP contribution in [0.5, 0.6) is 5.75 Å². The second-order valence-electron chi connectivity index (χ2n) is 11.8. The average molecular weight is 767 g/mol. The van der Waals surface area contributed by atoms with Crippen LogP contribution in [0.25, 0.3) is 28.2 Å². The SMILES string of the molecule is CCOC(=O)C1=C(C)N=c2s/c(=C/c3cc([N+](=O)[O-])ccc3Sc3nnc(-c4cccc(Cl)c4)n3CC)c(=O)n2[C@H]1c1c(OC)ccc2ccccc12. The van der Waals surface area contributed by atoms with Crippen LogP contribution < -0.4 is 19.6 Å². The molecule has 6 aromatic rings. The van der Waals surface area contributed by atoms with Gasteiger partial charge in [0, 0.05) is 39.7 Å². The van der Waals surface area contributed by atoms with Crippen molar-refractivity contribution in [1.29, 1.82) is 0 Å². The third-order valence-corrected chi connectivity index (χ3v) is 11.0. The number of fused-ring (bicyclic) bond motifs is 2. The number of halogens is 1. The zero-order valence-electron chi connectivity index (χ0n) is 28.9. The number of rotatable bonds is 10. The molecule has 0 unspecified atom stereocenters. The number of nitro groups is 1. The van der Waals surface area contributed by atoms with E-state index in [0.29, 0.717) is 54.8 Å². The fourth-order valence-electron chi connectivity index (χ4n) is 6.39. The number of non-ortho nitro benzene ring substituents is 1. The molecule has 0 saturated carbocycles. The molecule has 4 aromatic carbocycles. The Hall–Kier alpha value is -5.57. The molecule has 0 spiro atoms. The zero-order valence-corrected chi connectivity index (χ0v) is 31.3. The predicted molar refractivity (Wildman–Crippen MR) is 204 cm³/mol. The van der Waals surface area contributed by atoms with Crippen LogP contribution in [-0.4, -0.2) is 43.9 Å². The standard InChI is InChI=1S/C38H31ClN6O6S2/c1-5-43-34(23-11-9-12-25(39)18-23)41-42-38(43)52-29-17-15-26(45(48)49)19-24(29)20-30-35(46)44-33(31(36(47)51-6-2)21(3)40-37(44)53-30)32-27-13-8-7-10-22(27)14-16-28(32)50-4/h7-20,33H,5-6H2,1-4H3/b30-20+/t33-/m1/s1. The summed E-state index contributed by atoms with van der Waals surface area (Å²) in [5, 5.41) is 23.6. The number of methoxy groups -OCH3 is 1. The van der Waals surface area contributed by atoms with Gasteiger partial charge in [-0.3, -0.25) is 19.5 Å². The van der Waals surface area contributed by atoms with Gasteiger partial charge in [0.1, 0.15) is 11.8 Å². The fraction of sp³-hybridized carbons (Fsp3) is 0.184. The number of carbonyl (C=O) groups excluding carboxylic acids is 1. The Morgan fingerprint density at radius 2 is 1.89 bits per heavy atom. The largest absolute Gasteiger partial charge is 0.496 e. The van der Waals surface area contributed by atoms with E-state index >= 15 is 0 Å². The number of nitro benzene ring substituents is 1. The minimum Gasteiger partial charge on any atom is -0.496 e. The zero-order chi connectivity index (χ0) is 37.4. The molecule has 1 aliphatic rings. The van der Waals surface area contributed by atoms with E-state index in [1.165, 1.54) is 35.6 Å². The van der Waals surface area contributed by atoms with Gasteiger partial charge in [-0.2, -0.15) is 0 Å². The highest BCUT2D eigenvalue weighted by Crippen LogP contribution is 2.40. The molecule has 0 fully saturated rings.